The molecule has 0 atom stereocenters. The molecule has 0 aliphatic carbocycles. The molecule has 4 heterocycles. The SMILES string of the molecule is COc1cc2nc(c1)C(C)(C)c1cc(OC)cc(n1)-n1[c-]c(c(C(F)(F)F)n1)CCc1[c-]c-2c(F)cc1F.[Pt+2]. The summed E-state index contributed by atoms with van der Waals surface area (Å²) in [4.78, 5) is 9.23. The van der Waals surface area contributed by atoms with Gasteiger partial charge in [-0.3, -0.25) is 23.8 Å². The number of aromatic nitrogens is 4. The van der Waals surface area contributed by atoms with E-state index >= 15 is 0 Å². The van der Waals surface area contributed by atoms with Crippen molar-refractivity contribution in [3.63, 3.8) is 0 Å². The Hall–Kier alpha value is -3.33. The van der Waals surface area contributed by atoms with E-state index in [-0.39, 0.29) is 62.1 Å². The topological polar surface area (TPSA) is 62.1 Å². The second kappa shape index (κ2) is 10.3. The zero-order valence-electron chi connectivity index (χ0n) is 21.1. The molecule has 0 saturated carbocycles. The van der Waals surface area contributed by atoms with Gasteiger partial charge in [0.15, 0.2) is 0 Å². The molecule has 8 bridgehead atoms. The molecule has 12 heteroatoms. The third-order valence-corrected chi connectivity index (χ3v) is 6.49. The van der Waals surface area contributed by atoms with Gasteiger partial charge in [-0.25, -0.2) is 0 Å². The Bertz CT molecular complexity index is 1550. The van der Waals surface area contributed by atoms with Crippen LogP contribution in [0, 0.1) is 23.9 Å². The molecule has 3 aromatic heterocycles. The summed E-state index contributed by atoms with van der Waals surface area (Å²) in [5.41, 5.74) is -1.76. The summed E-state index contributed by atoms with van der Waals surface area (Å²) in [6.45, 7) is 3.58. The first kappa shape index (κ1) is 28.7. The zero-order chi connectivity index (χ0) is 27.4. The summed E-state index contributed by atoms with van der Waals surface area (Å²) in [6.07, 6.45) is -2.67. The summed E-state index contributed by atoms with van der Waals surface area (Å²) in [5, 5.41) is 3.73. The Morgan fingerprint density at radius 2 is 1.49 bits per heavy atom. The fourth-order valence-electron chi connectivity index (χ4n) is 4.28. The first-order valence-corrected chi connectivity index (χ1v) is 11.5. The molecule has 0 fully saturated rings. The molecule has 0 unspecified atom stereocenters. The molecule has 6 nitrogen and oxygen atoms in total. The smallest absolute Gasteiger partial charge is 0.498 e. The predicted molar refractivity (Wildman–Crippen MR) is 126 cm³/mol. The zero-order valence-corrected chi connectivity index (χ0v) is 23.4. The standard InChI is InChI=1S/C27H21F5N4O2.Pt/c1-26(2)22-9-16(37-3)8-21(33-22)18-7-14(19(28)12-20(18)29)5-6-15-13-36(35-25(15)27(30,31)32)24-11-17(38-4)10-23(26)34-24;/h8-12H,5-6H2,1-4H3;/q-2;+2. The van der Waals surface area contributed by atoms with Gasteiger partial charge >= 0.3 is 27.2 Å². The molecule has 1 aromatic carbocycles. The van der Waals surface area contributed by atoms with Crippen LogP contribution in [0.5, 0.6) is 11.5 Å². The van der Waals surface area contributed by atoms with Crippen molar-refractivity contribution in [3.05, 3.63) is 82.4 Å². The molecule has 4 aromatic rings. The number of hydrogen-bond donors (Lipinski definition) is 0. The van der Waals surface area contributed by atoms with E-state index in [1.165, 1.54) is 26.4 Å². The van der Waals surface area contributed by atoms with E-state index in [1.807, 2.05) is 0 Å². The largest absolute Gasteiger partial charge is 2.00 e. The number of alkyl halides is 3. The van der Waals surface area contributed by atoms with E-state index in [9.17, 15) is 22.0 Å². The number of halogens is 5. The number of aryl methyl sites for hydroxylation is 2. The summed E-state index contributed by atoms with van der Waals surface area (Å²) < 4.78 is 83.1. The molecule has 206 valence electrons. The van der Waals surface area contributed by atoms with E-state index < -0.39 is 28.9 Å². The third kappa shape index (κ3) is 5.29. The molecule has 1 aliphatic heterocycles. The maximum atomic E-state index is 15.0. The Morgan fingerprint density at radius 1 is 0.872 bits per heavy atom. The second-order valence-corrected chi connectivity index (χ2v) is 9.32. The number of fused-ring (bicyclic) bond motifs is 10. The Labute approximate surface area is 235 Å². The van der Waals surface area contributed by atoms with Crippen molar-refractivity contribution in [2.45, 2.75) is 38.3 Å². The molecular weight excluding hydrogens is 702 g/mol. The summed E-state index contributed by atoms with van der Waals surface area (Å²) in [7, 11) is 2.86. The molecular formula is C27H21F5N4O2Pt. The fourth-order valence-corrected chi connectivity index (χ4v) is 4.28. The van der Waals surface area contributed by atoms with Gasteiger partial charge in [-0.1, -0.05) is 23.4 Å². The van der Waals surface area contributed by atoms with Gasteiger partial charge in [-0.2, -0.15) is 13.2 Å². The monoisotopic (exact) mass is 723 g/mol. The van der Waals surface area contributed by atoms with Crippen molar-refractivity contribution in [2.24, 2.45) is 0 Å². The second-order valence-electron chi connectivity index (χ2n) is 9.32. The minimum absolute atomic E-state index is 0. The number of hydrogen-bond acceptors (Lipinski definition) is 5. The number of ether oxygens (including phenoxy) is 2. The van der Waals surface area contributed by atoms with Crippen molar-refractivity contribution in [2.75, 3.05) is 14.2 Å². The minimum Gasteiger partial charge on any atom is -0.498 e. The minimum atomic E-state index is -4.79. The van der Waals surface area contributed by atoms with E-state index in [2.05, 4.69) is 27.3 Å². The van der Waals surface area contributed by atoms with Crippen LogP contribution >= 0.6 is 0 Å². The van der Waals surface area contributed by atoms with Gasteiger partial charge in [0, 0.05) is 40.6 Å². The maximum Gasteiger partial charge on any atom is 2.00 e. The molecule has 1 aliphatic rings. The molecule has 5 rings (SSSR count). The van der Waals surface area contributed by atoms with Gasteiger partial charge in [0.25, 0.3) is 0 Å². The van der Waals surface area contributed by atoms with Crippen LogP contribution in [0.4, 0.5) is 22.0 Å². The molecule has 0 radical (unpaired) electrons. The van der Waals surface area contributed by atoms with E-state index in [0.29, 0.717) is 29.0 Å². The van der Waals surface area contributed by atoms with Crippen LogP contribution in [-0.2, 0) is 45.5 Å². The maximum absolute atomic E-state index is 15.0. The van der Waals surface area contributed by atoms with E-state index in [0.717, 1.165) is 4.68 Å². The van der Waals surface area contributed by atoms with Crippen molar-refractivity contribution >= 4 is 0 Å². The average molecular weight is 724 g/mol. The van der Waals surface area contributed by atoms with Crippen LogP contribution < -0.4 is 9.47 Å². The number of methoxy groups -OCH3 is 2. The number of benzene rings is 1. The average Bonchev–Trinajstić information content (AvgIpc) is 3.32. The molecule has 39 heavy (non-hydrogen) atoms. The number of nitrogens with zero attached hydrogens (tertiary/aromatic N) is 4. The molecule has 0 saturated heterocycles. The van der Waals surface area contributed by atoms with Crippen LogP contribution in [0.25, 0.3) is 17.1 Å². The van der Waals surface area contributed by atoms with Crippen LogP contribution in [0.2, 0.25) is 0 Å². The van der Waals surface area contributed by atoms with Gasteiger partial charge in [0.2, 0.25) is 0 Å². The van der Waals surface area contributed by atoms with Crippen molar-refractivity contribution in [1.29, 1.82) is 0 Å². The third-order valence-electron chi connectivity index (χ3n) is 6.49. The van der Waals surface area contributed by atoms with Gasteiger partial charge in [-0.15, -0.1) is 11.6 Å². The first-order valence-electron chi connectivity index (χ1n) is 11.5. The van der Waals surface area contributed by atoms with E-state index in [1.54, 1.807) is 26.0 Å². The summed E-state index contributed by atoms with van der Waals surface area (Å²) in [5.74, 6) is -1.14. The van der Waals surface area contributed by atoms with Crippen molar-refractivity contribution < 1.29 is 52.5 Å². The predicted octanol–water partition coefficient (Wildman–Crippen LogP) is 5.67. The number of rotatable bonds is 2. The van der Waals surface area contributed by atoms with Crippen LogP contribution in [0.3, 0.4) is 0 Å². The Balaban J connectivity index is 0.00000353. The normalized spacial score (nSPS) is 14.1. The van der Waals surface area contributed by atoms with Gasteiger partial charge in [0.05, 0.1) is 25.7 Å². The van der Waals surface area contributed by atoms with Crippen LogP contribution in [0.1, 0.15) is 42.1 Å². The van der Waals surface area contributed by atoms with Crippen molar-refractivity contribution in [3.8, 4) is 28.6 Å². The molecule has 0 spiro atoms. The van der Waals surface area contributed by atoms with Crippen molar-refractivity contribution in [1.82, 2.24) is 19.7 Å². The summed E-state index contributed by atoms with van der Waals surface area (Å²) in [6, 6.07) is 9.56. The fraction of sp³-hybridized carbons (Fsp3) is 0.296. The van der Waals surface area contributed by atoms with Gasteiger partial charge in [0.1, 0.15) is 11.5 Å². The first-order chi connectivity index (χ1) is 17.9. The quantitative estimate of drug-likeness (QED) is 0.197. The molecule has 0 N–H and O–H groups in total. The summed E-state index contributed by atoms with van der Waals surface area (Å²) >= 11 is 0. The molecule has 0 amide bonds. The van der Waals surface area contributed by atoms with E-state index in [4.69, 9.17) is 9.47 Å². The van der Waals surface area contributed by atoms with Gasteiger partial charge < -0.3 is 14.2 Å². The van der Waals surface area contributed by atoms with Crippen LogP contribution in [0.15, 0.2) is 30.3 Å². The Morgan fingerprint density at radius 3 is 2.13 bits per heavy atom. The number of pyridine rings is 2. The van der Waals surface area contributed by atoms with Gasteiger partial charge in [-0.05, 0) is 44.5 Å². The van der Waals surface area contributed by atoms with Crippen LogP contribution in [-0.4, -0.2) is 34.0 Å². The Kier molecular flexibility index (Phi) is 7.60.